The van der Waals surface area contributed by atoms with Crippen molar-refractivity contribution < 1.29 is 23.8 Å². The SMILES string of the molecule is COc1ccc(NC(=O)/C(C#N)=C\c2cc(Cl)c(OCC(=O)Nc3ccccc3Cl)c(OC)c2)cc1. The third-order valence-corrected chi connectivity index (χ3v) is 5.38. The maximum atomic E-state index is 12.6. The van der Waals surface area contributed by atoms with Crippen molar-refractivity contribution in [2.24, 2.45) is 0 Å². The van der Waals surface area contributed by atoms with Gasteiger partial charge in [0.25, 0.3) is 11.8 Å². The van der Waals surface area contributed by atoms with Gasteiger partial charge in [-0.15, -0.1) is 0 Å². The molecule has 3 rings (SSSR count). The number of hydrogen-bond acceptors (Lipinski definition) is 6. The van der Waals surface area contributed by atoms with E-state index in [1.54, 1.807) is 48.5 Å². The maximum absolute atomic E-state index is 12.6. The maximum Gasteiger partial charge on any atom is 0.266 e. The highest BCUT2D eigenvalue weighted by atomic mass is 35.5. The zero-order chi connectivity index (χ0) is 26.1. The molecule has 0 spiro atoms. The van der Waals surface area contributed by atoms with Crippen LogP contribution in [0.1, 0.15) is 5.56 Å². The molecule has 0 unspecified atom stereocenters. The van der Waals surface area contributed by atoms with Crippen LogP contribution in [0.25, 0.3) is 6.08 Å². The van der Waals surface area contributed by atoms with Crippen LogP contribution in [0.2, 0.25) is 10.0 Å². The zero-order valence-corrected chi connectivity index (χ0v) is 20.8. The molecule has 0 atom stereocenters. The molecule has 2 N–H and O–H groups in total. The van der Waals surface area contributed by atoms with E-state index in [9.17, 15) is 14.9 Å². The molecule has 2 amide bonds. The molecule has 0 saturated carbocycles. The van der Waals surface area contributed by atoms with Gasteiger partial charge in [-0.1, -0.05) is 35.3 Å². The molecule has 0 saturated heterocycles. The summed E-state index contributed by atoms with van der Waals surface area (Å²) < 4.78 is 16.0. The summed E-state index contributed by atoms with van der Waals surface area (Å²) in [5.74, 6) is -0.0742. The minimum atomic E-state index is -0.602. The number of nitriles is 1. The summed E-state index contributed by atoms with van der Waals surface area (Å²) in [5, 5.41) is 15.3. The number of carbonyl (C=O) groups excluding carboxylic acids is 2. The van der Waals surface area contributed by atoms with Crippen LogP contribution in [0.4, 0.5) is 11.4 Å². The van der Waals surface area contributed by atoms with Crippen molar-refractivity contribution >= 4 is 52.5 Å². The molecule has 8 nitrogen and oxygen atoms in total. The topological polar surface area (TPSA) is 110 Å². The van der Waals surface area contributed by atoms with Crippen LogP contribution in [-0.2, 0) is 9.59 Å². The highest BCUT2D eigenvalue weighted by Gasteiger charge is 2.16. The zero-order valence-electron chi connectivity index (χ0n) is 19.3. The molecule has 36 heavy (non-hydrogen) atoms. The number of rotatable bonds is 9. The molecule has 0 bridgehead atoms. The van der Waals surface area contributed by atoms with E-state index in [0.717, 1.165) is 0 Å². The van der Waals surface area contributed by atoms with E-state index in [0.29, 0.717) is 27.7 Å². The van der Waals surface area contributed by atoms with Gasteiger partial charge in [0.15, 0.2) is 18.1 Å². The van der Waals surface area contributed by atoms with Crippen molar-refractivity contribution in [2.45, 2.75) is 0 Å². The monoisotopic (exact) mass is 525 g/mol. The number of carbonyl (C=O) groups is 2. The fourth-order valence-electron chi connectivity index (χ4n) is 3.04. The van der Waals surface area contributed by atoms with Gasteiger partial charge in [-0.3, -0.25) is 9.59 Å². The number of methoxy groups -OCH3 is 2. The lowest BCUT2D eigenvalue weighted by atomic mass is 10.1. The summed E-state index contributed by atoms with van der Waals surface area (Å²) in [7, 11) is 2.94. The first-order chi connectivity index (χ1) is 17.3. The van der Waals surface area contributed by atoms with Crippen LogP contribution in [0.5, 0.6) is 17.2 Å². The van der Waals surface area contributed by atoms with Crippen molar-refractivity contribution in [3.63, 3.8) is 0 Å². The molecule has 3 aromatic carbocycles. The minimum Gasteiger partial charge on any atom is -0.497 e. The van der Waals surface area contributed by atoms with Crippen LogP contribution in [0.15, 0.2) is 66.2 Å². The number of hydrogen-bond donors (Lipinski definition) is 2. The molecule has 184 valence electrons. The Morgan fingerprint density at radius 2 is 1.69 bits per heavy atom. The summed E-state index contributed by atoms with van der Waals surface area (Å²) in [5.41, 5.74) is 1.21. The van der Waals surface area contributed by atoms with Crippen LogP contribution >= 0.6 is 23.2 Å². The van der Waals surface area contributed by atoms with Gasteiger partial charge in [-0.2, -0.15) is 5.26 Å². The molecule has 0 aliphatic heterocycles. The molecule has 0 aliphatic carbocycles. The van der Waals surface area contributed by atoms with E-state index >= 15 is 0 Å². The number of benzene rings is 3. The average molecular weight is 526 g/mol. The molecular formula is C26H21Cl2N3O5. The number of anilines is 2. The van der Waals surface area contributed by atoms with E-state index in [-0.39, 0.29) is 28.7 Å². The summed E-state index contributed by atoms with van der Waals surface area (Å²) in [6, 6.07) is 18.4. The standard InChI is InChI=1S/C26H21Cl2N3O5/c1-34-19-9-7-18(8-10-19)30-26(33)17(14-29)11-16-12-21(28)25(23(13-16)35-2)36-15-24(32)31-22-6-4-3-5-20(22)27/h3-13H,15H2,1-2H3,(H,30,33)(H,31,32)/b17-11-. The Bertz CT molecular complexity index is 1330. The number of ether oxygens (including phenoxy) is 3. The van der Waals surface area contributed by atoms with E-state index in [2.05, 4.69) is 10.6 Å². The van der Waals surface area contributed by atoms with Gasteiger partial charge in [0.2, 0.25) is 0 Å². The first kappa shape index (κ1) is 26.4. The summed E-state index contributed by atoms with van der Waals surface area (Å²) in [6.07, 6.45) is 1.36. The van der Waals surface area contributed by atoms with Gasteiger partial charge in [-0.25, -0.2) is 0 Å². The number of nitrogens with zero attached hydrogens (tertiary/aromatic N) is 1. The molecule has 10 heteroatoms. The van der Waals surface area contributed by atoms with Crippen molar-refractivity contribution in [1.29, 1.82) is 5.26 Å². The number of amides is 2. The van der Waals surface area contributed by atoms with Gasteiger partial charge < -0.3 is 24.8 Å². The molecule has 0 radical (unpaired) electrons. The molecular weight excluding hydrogens is 505 g/mol. The van der Waals surface area contributed by atoms with Gasteiger partial charge >= 0.3 is 0 Å². The Hall–Kier alpha value is -4.19. The van der Waals surface area contributed by atoms with E-state index in [4.69, 9.17) is 37.4 Å². The third kappa shape index (κ3) is 6.92. The number of nitrogens with one attached hydrogen (secondary N) is 2. The Balaban J connectivity index is 1.73. The molecule has 0 fully saturated rings. The number of halogens is 2. The Morgan fingerprint density at radius 1 is 0.972 bits per heavy atom. The fraction of sp³-hybridized carbons (Fsp3) is 0.115. The van der Waals surface area contributed by atoms with Crippen molar-refractivity contribution in [2.75, 3.05) is 31.5 Å². The predicted molar refractivity (Wildman–Crippen MR) is 139 cm³/mol. The Morgan fingerprint density at radius 3 is 2.33 bits per heavy atom. The lowest BCUT2D eigenvalue weighted by molar-refractivity contribution is -0.118. The van der Waals surface area contributed by atoms with Crippen LogP contribution < -0.4 is 24.8 Å². The van der Waals surface area contributed by atoms with Crippen LogP contribution in [0, 0.1) is 11.3 Å². The first-order valence-electron chi connectivity index (χ1n) is 10.5. The third-order valence-electron chi connectivity index (χ3n) is 4.77. The fourth-order valence-corrected chi connectivity index (χ4v) is 3.49. The summed E-state index contributed by atoms with van der Waals surface area (Å²) in [6.45, 7) is -0.357. The average Bonchev–Trinajstić information content (AvgIpc) is 2.88. The van der Waals surface area contributed by atoms with Gasteiger partial charge in [0.05, 0.1) is 30.0 Å². The largest absolute Gasteiger partial charge is 0.497 e. The second kappa shape index (κ2) is 12.5. The Labute approximate surface area is 218 Å². The lowest BCUT2D eigenvalue weighted by Gasteiger charge is -2.14. The quantitative estimate of drug-likeness (QED) is 0.279. The molecule has 3 aromatic rings. The van der Waals surface area contributed by atoms with E-state index in [1.807, 2.05) is 6.07 Å². The first-order valence-corrected chi connectivity index (χ1v) is 11.2. The van der Waals surface area contributed by atoms with Crippen molar-refractivity contribution in [1.82, 2.24) is 0 Å². The Kier molecular flexibility index (Phi) is 9.17. The minimum absolute atomic E-state index is 0.124. The lowest BCUT2D eigenvalue weighted by Crippen LogP contribution is -2.20. The highest BCUT2D eigenvalue weighted by molar-refractivity contribution is 6.33. The molecule has 0 heterocycles. The van der Waals surface area contributed by atoms with Gasteiger partial charge in [0.1, 0.15) is 17.4 Å². The smallest absolute Gasteiger partial charge is 0.266 e. The van der Waals surface area contributed by atoms with Crippen molar-refractivity contribution in [3.05, 3.63) is 81.8 Å². The van der Waals surface area contributed by atoms with Crippen LogP contribution in [0.3, 0.4) is 0 Å². The van der Waals surface area contributed by atoms with Crippen LogP contribution in [-0.4, -0.2) is 32.6 Å². The van der Waals surface area contributed by atoms with E-state index in [1.165, 1.54) is 32.4 Å². The summed E-state index contributed by atoms with van der Waals surface area (Å²) in [4.78, 5) is 24.9. The predicted octanol–water partition coefficient (Wildman–Crippen LogP) is 5.57. The van der Waals surface area contributed by atoms with Gasteiger partial charge in [-0.05, 0) is 60.2 Å². The van der Waals surface area contributed by atoms with Crippen molar-refractivity contribution in [3.8, 4) is 23.3 Å². The molecule has 0 aliphatic rings. The molecule has 0 aromatic heterocycles. The second-order valence-corrected chi connectivity index (χ2v) is 8.02. The summed E-state index contributed by atoms with van der Waals surface area (Å²) >= 11 is 12.4. The normalized spacial score (nSPS) is 10.7. The van der Waals surface area contributed by atoms with Gasteiger partial charge in [0, 0.05) is 5.69 Å². The number of para-hydroxylation sites is 1. The van der Waals surface area contributed by atoms with E-state index < -0.39 is 11.8 Å². The highest BCUT2D eigenvalue weighted by Crippen LogP contribution is 2.37. The second-order valence-electron chi connectivity index (χ2n) is 7.20.